The summed E-state index contributed by atoms with van der Waals surface area (Å²) < 4.78 is 27.4. The van der Waals surface area contributed by atoms with Gasteiger partial charge in [-0.05, 0) is 25.5 Å². The van der Waals surface area contributed by atoms with Crippen LogP contribution in [0.3, 0.4) is 0 Å². The fourth-order valence-corrected chi connectivity index (χ4v) is 3.02. The summed E-state index contributed by atoms with van der Waals surface area (Å²) in [6.45, 7) is 6.02. The van der Waals surface area contributed by atoms with Gasteiger partial charge in [-0.25, -0.2) is 8.42 Å². The van der Waals surface area contributed by atoms with Crippen molar-refractivity contribution in [2.45, 2.75) is 27.2 Å². The van der Waals surface area contributed by atoms with Gasteiger partial charge in [-0.1, -0.05) is 13.8 Å². The molecule has 1 atom stereocenters. The lowest BCUT2D eigenvalue weighted by atomic mass is 10.2. The van der Waals surface area contributed by atoms with E-state index in [0.29, 0.717) is 12.4 Å². The van der Waals surface area contributed by atoms with Crippen LogP contribution in [0.25, 0.3) is 0 Å². The molecular formula is C12H18ClNO3S. The van der Waals surface area contributed by atoms with Crippen LogP contribution in [0.2, 0.25) is 0 Å². The molecule has 0 radical (unpaired) electrons. The van der Waals surface area contributed by atoms with Gasteiger partial charge in [0, 0.05) is 22.3 Å². The van der Waals surface area contributed by atoms with Gasteiger partial charge in [0.25, 0.3) is 0 Å². The number of nitrogens with zero attached hydrogens (tertiary/aromatic N) is 1. The number of aromatic nitrogens is 1. The summed E-state index contributed by atoms with van der Waals surface area (Å²) in [5.74, 6) is 0.468. The summed E-state index contributed by atoms with van der Waals surface area (Å²) in [6, 6.07) is 3.74. The first kappa shape index (κ1) is 15.2. The molecular weight excluding hydrogens is 274 g/mol. The normalized spacial score (nSPS) is 13.3. The number of rotatable bonds is 6. The van der Waals surface area contributed by atoms with E-state index in [1.165, 1.54) is 0 Å². The van der Waals surface area contributed by atoms with Crippen LogP contribution < -0.4 is 4.74 Å². The molecule has 0 aliphatic rings. The van der Waals surface area contributed by atoms with E-state index in [1.807, 2.05) is 26.0 Å². The average molecular weight is 292 g/mol. The maximum Gasteiger partial charge on any atom is 0.232 e. The zero-order valence-electron chi connectivity index (χ0n) is 10.8. The van der Waals surface area contributed by atoms with Crippen molar-refractivity contribution in [3.8, 4) is 5.75 Å². The van der Waals surface area contributed by atoms with Crippen LogP contribution >= 0.6 is 10.7 Å². The Kier molecular flexibility index (Phi) is 5.41. The first-order chi connectivity index (χ1) is 8.31. The molecule has 0 aliphatic heterocycles. The molecule has 0 amide bonds. The molecule has 102 valence electrons. The molecule has 0 aliphatic carbocycles. The smallest absolute Gasteiger partial charge is 0.232 e. The van der Waals surface area contributed by atoms with Gasteiger partial charge < -0.3 is 4.74 Å². The second-order valence-electron chi connectivity index (χ2n) is 4.37. The van der Waals surface area contributed by atoms with Gasteiger partial charge in [-0.3, -0.25) is 4.98 Å². The first-order valence-electron chi connectivity index (χ1n) is 5.83. The second kappa shape index (κ2) is 6.38. The largest absolute Gasteiger partial charge is 0.491 e. The van der Waals surface area contributed by atoms with Gasteiger partial charge in [0.05, 0.1) is 18.1 Å². The summed E-state index contributed by atoms with van der Waals surface area (Å²) in [5, 5.41) is 0. The van der Waals surface area contributed by atoms with Crippen LogP contribution in [-0.2, 0) is 15.5 Å². The topological polar surface area (TPSA) is 56.3 Å². The summed E-state index contributed by atoms with van der Waals surface area (Å²) in [6.07, 6.45) is 0.777. The van der Waals surface area contributed by atoms with Crippen molar-refractivity contribution >= 4 is 19.7 Å². The quantitative estimate of drug-likeness (QED) is 0.756. The fraction of sp³-hybridized carbons (Fsp3) is 0.583. The van der Waals surface area contributed by atoms with E-state index < -0.39 is 9.05 Å². The van der Waals surface area contributed by atoms with Crippen LogP contribution in [0.1, 0.15) is 25.2 Å². The third-order valence-corrected chi connectivity index (χ3v) is 3.76. The second-order valence-corrected chi connectivity index (χ2v) is 7.19. The maximum absolute atomic E-state index is 10.9. The molecule has 18 heavy (non-hydrogen) atoms. The Morgan fingerprint density at radius 2 is 2.11 bits per heavy atom. The van der Waals surface area contributed by atoms with Gasteiger partial charge in [0.2, 0.25) is 9.05 Å². The van der Waals surface area contributed by atoms with E-state index >= 15 is 0 Å². The minimum Gasteiger partial charge on any atom is -0.491 e. The third-order valence-electron chi connectivity index (χ3n) is 2.41. The Bertz CT molecular complexity index is 502. The lowest BCUT2D eigenvalue weighted by molar-refractivity contribution is 0.268. The number of pyridine rings is 1. The minimum absolute atomic E-state index is 0.0880. The fourth-order valence-electron chi connectivity index (χ4n) is 1.60. The molecule has 1 rings (SSSR count). The Balaban J connectivity index is 2.63. The molecule has 0 bridgehead atoms. The Labute approximate surface area is 113 Å². The summed E-state index contributed by atoms with van der Waals surface area (Å²) >= 11 is 0. The number of halogens is 1. The summed E-state index contributed by atoms with van der Waals surface area (Å²) in [5.41, 5.74) is 1.83. The predicted octanol–water partition coefficient (Wildman–Crippen LogP) is 2.54. The van der Waals surface area contributed by atoms with Crippen LogP contribution in [0.15, 0.2) is 12.1 Å². The molecule has 0 saturated carbocycles. The van der Waals surface area contributed by atoms with E-state index in [2.05, 4.69) is 4.98 Å². The predicted molar refractivity (Wildman–Crippen MR) is 72.7 cm³/mol. The Hall–Kier alpha value is -0.810. The minimum atomic E-state index is -3.47. The molecule has 0 aromatic carbocycles. The van der Waals surface area contributed by atoms with Gasteiger partial charge >= 0.3 is 0 Å². The molecule has 1 aromatic rings. The van der Waals surface area contributed by atoms with Crippen LogP contribution in [0.4, 0.5) is 0 Å². The Morgan fingerprint density at radius 3 is 2.67 bits per heavy atom. The monoisotopic (exact) mass is 291 g/mol. The van der Waals surface area contributed by atoms with E-state index in [9.17, 15) is 8.42 Å². The number of aryl methyl sites for hydroxylation is 2. The van der Waals surface area contributed by atoms with Crippen LogP contribution in [0, 0.1) is 12.8 Å². The number of ether oxygens (including phenoxy) is 1. The highest BCUT2D eigenvalue weighted by Crippen LogP contribution is 2.18. The van der Waals surface area contributed by atoms with Gasteiger partial charge in [-0.15, -0.1) is 0 Å². The summed E-state index contributed by atoms with van der Waals surface area (Å²) in [7, 11) is 1.72. The van der Waals surface area contributed by atoms with Crippen molar-refractivity contribution in [3.05, 3.63) is 23.5 Å². The van der Waals surface area contributed by atoms with Crippen molar-refractivity contribution in [3.63, 3.8) is 0 Å². The molecule has 1 heterocycles. The SMILES string of the molecule is CCc1nc(C)ccc1OCC(C)CS(=O)(=O)Cl. The standard InChI is InChI=1S/C12H18ClNO3S/c1-4-11-12(6-5-10(3)14-11)17-7-9(2)8-18(13,15)16/h5-6,9H,4,7-8H2,1-3H3. The Morgan fingerprint density at radius 1 is 1.44 bits per heavy atom. The summed E-state index contributed by atoms with van der Waals surface area (Å²) in [4.78, 5) is 4.37. The molecule has 0 saturated heterocycles. The number of hydrogen-bond donors (Lipinski definition) is 0. The van der Waals surface area contributed by atoms with Crippen molar-refractivity contribution in [2.75, 3.05) is 12.4 Å². The van der Waals surface area contributed by atoms with E-state index in [0.717, 1.165) is 17.8 Å². The van der Waals surface area contributed by atoms with Crippen molar-refractivity contribution in [1.82, 2.24) is 4.98 Å². The van der Waals surface area contributed by atoms with Crippen molar-refractivity contribution in [1.29, 1.82) is 0 Å². The van der Waals surface area contributed by atoms with E-state index in [1.54, 1.807) is 6.92 Å². The highest BCUT2D eigenvalue weighted by Gasteiger charge is 2.14. The highest BCUT2D eigenvalue weighted by molar-refractivity contribution is 8.13. The third kappa shape index (κ3) is 5.23. The zero-order chi connectivity index (χ0) is 13.8. The molecule has 4 nitrogen and oxygen atoms in total. The average Bonchev–Trinajstić information content (AvgIpc) is 2.24. The lowest BCUT2D eigenvalue weighted by Gasteiger charge is -2.14. The number of hydrogen-bond acceptors (Lipinski definition) is 4. The van der Waals surface area contributed by atoms with Gasteiger partial charge in [0.15, 0.2) is 0 Å². The van der Waals surface area contributed by atoms with E-state index in [-0.39, 0.29) is 11.7 Å². The van der Waals surface area contributed by atoms with Crippen LogP contribution in [-0.4, -0.2) is 25.8 Å². The molecule has 1 aromatic heterocycles. The molecule has 0 N–H and O–H groups in total. The molecule has 1 unspecified atom stereocenters. The van der Waals surface area contributed by atoms with Crippen molar-refractivity contribution in [2.24, 2.45) is 5.92 Å². The zero-order valence-corrected chi connectivity index (χ0v) is 12.4. The molecule has 0 fully saturated rings. The lowest BCUT2D eigenvalue weighted by Crippen LogP contribution is -2.17. The van der Waals surface area contributed by atoms with Gasteiger partial charge in [0.1, 0.15) is 5.75 Å². The van der Waals surface area contributed by atoms with Crippen LogP contribution in [0.5, 0.6) is 5.75 Å². The maximum atomic E-state index is 10.9. The first-order valence-corrected chi connectivity index (χ1v) is 8.31. The van der Waals surface area contributed by atoms with Crippen molar-refractivity contribution < 1.29 is 13.2 Å². The highest BCUT2D eigenvalue weighted by atomic mass is 35.7. The molecule has 6 heteroatoms. The van der Waals surface area contributed by atoms with E-state index in [4.69, 9.17) is 15.4 Å². The molecule has 0 spiro atoms. The van der Waals surface area contributed by atoms with Gasteiger partial charge in [-0.2, -0.15) is 0 Å².